The number of hydrogen-bond donors (Lipinski definition) is 3. The van der Waals surface area contributed by atoms with Crippen molar-refractivity contribution in [3.05, 3.63) is 26.6 Å². The van der Waals surface area contributed by atoms with Crippen molar-refractivity contribution in [1.29, 1.82) is 0 Å². The molecule has 1 amide bonds. The van der Waals surface area contributed by atoms with Crippen LogP contribution in [0.15, 0.2) is 26.2 Å². The number of halogens is 2. The monoisotopic (exact) mass is 433 g/mol. The lowest BCUT2D eigenvalue weighted by atomic mass is 10.2. The van der Waals surface area contributed by atoms with Crippen LogP contribution in [0.2, 0.25) is 0 Å². The molecule has 1 aromatic carbocycles. The third-order valence-electron chi connectivity index (χ3n) is 2.13. The van der Waals surface area contributed by atoms with Gasteiger partial charge in [0.15, 0.2) is 0 Å². The average molecular weight is 435 g/mol. The molecule has 0 fully saturated rings. The molecule has 0 saturated carbocycles. The fourth-order valence-corrected chi connectivity index (χ4v) is 3.21. The Morgan fingerprint density at radius 1 is 1.38 bits per heavy atom. The molecule has 0 bridgehead atoms. The molecular formula is C11H9Br2N5O2S. The van der Waals surface area contributed by atoms with Gasteiger partial charge in [0.1, 0.15) is 5.75 Å². The van der Waals surface area contributed by atoms with Crippen molar-refractivity contribution in [3.8, 4) is 5.75 Å². The topological polar surface area (TPSA) is 99.5 Å². The second-order valence-corrected chi connectivity index (χ2v) is 6.54. The Morgan fingerprint density at radius 2 is 2.10 bits per heavy atom. The molecule has 21 heavy (non-hydrogen) atoms. The number of phenols is 1. The third kappa shape index (κ3) is 4.48. The molecule has 10 heteroatoms. The van der Waals surface area contributed by atoms with Gasteiger partial charge in [0.2, 0.25) is 16.2 Å². The summed E-state index contributed by atoms with van der Waals surface area (Å²) in [6.07, 6.45) is 1.45. The number of nitrogens with zero attached hydrogens (tertiary/aromatic N) is 3. The van der Waals surface area contributed by atoms with Crippen molar-refractivity contribution < 1.29 is 9.90 Å². The standard InChI is InChI=1S/C11H9Br2N5O2S/c1-5(19)15-10-17-18-11(21-10)16-14-4-6-2-7(12)3-8(13)9(6)20/h2-4,20H,1H3,(H,16,18)(H,15,17,19)/b14-4+. The maximum absolute atomic E-state index is 10.9. The summed E-state index contributed by atoms with van der Waals surface area (Å²) in [5.41, 5.74) is 3.20. The number of carbonyl (C=O) groups is 1. The first-order valence-electron chi connectivity index (χ1n) is 5.54. The molecule has 2 rings (SSSR count). The van der Waals surface area contributed by atoms with E-state index in [0.717, 1.165) is 15.8 Å². The molecule has 0 aliphatic heterocycles. The number of aromatic hydroxyl groups is 1. The van der Waals surface area contributed by atoms with Crippen LogP contribution >= 0.6 is 43.2 Å². The second kappa shape index (κ2) is 6.96. The number of phenolic OH excluding ortho intramolecular Hbond substituents is 1. The summed E-state index contributed by atoms with van der Waals surface area (Å²) in [5, 5.41) is 24.7. The lowest BCUT2D eigenvalue weighted by Gasteiger charge is -2.02. The van der Waals surface area contributed by atoms with Crippen LogP contribution in [0.3, 0.4) is 0 Å². The van der Waals surface area contributed by atoms with Crippen LogP contribution in [0.5, 0.6) is 5.75 Å². The Bertz CT molecular complexity index is 704. The van der Waals surface area contributed by atoms with Gasteiger partial charge in [-0.05, 0) is 28.1 Å². The van der Waals surface area contributed by atoms with E-state index < -0.39 is 0 Å². The van der Waals surface area contributed by atoms with Crippen molar-refractivity contribution >= 4 is 65.6 Å². The van der Waals surface area contributed by atoms with Crippen molar-refractivity contribution in [1.82, 2.24) is 10.2 Å². The van der Waals surface area contributed by atoms with Crippen molar-refractivity contribution in [2.24, 2.45) is 5.10 Å². The van der Waals surface area contributed by atoms with Gasteiger partial charge in [0, 0.05) is 17.0 Å². The van der Waals surface area contributed by atoms with Crippen molar-refractivity contribution in [2.45, 2.75) is 6.92 Å². The zero-order chi connectivity index (χ0) is 15.4. The number of hydrazone groups is 1. The number of rotatable bonds is 4. The van der Waals surface area contributed by atoms with E-state index in [1.807, 2.05) is 0 Å². The third-order valence-corrected chi connectivity index (χ3v) is 3.94. The van der Waals surface area contributed by atoms with Gasteiger partial charge in [-0.3, -0.25) is 10.2 Å². The fourth-order valence-electron chi connectivity index (χ4n) is 1.31. The van der Waals surface area contributed by atoms with Gasteiger partial charge in [-0.25, -0.2) is 0 Å². The minimum absolute atomic E-state index is 0.0833. The van der Waals surface area contributed by atoms with E-state index in [2.05, 4.69) is 57.9 Å². The lowest BCUT2D eigenvalue weighted by Crippen LogP contribution is -2.04. The molecule has 0 radical (unpaired) electrons. The number of amides is 1. The first kappa shape index (κ1) is 15.9. The summed E-state index contributed by atoms with van der Waals surface area (Å²) in [5.74, 6) is -0.134. The summed E-state index contributed by atoms with van der Waals surface area (Å²) < 4.78 is 1.36. The Labute approximate surface area is 140 Å². The first-order chi connectivity index (χ1) is 9.95. The summed E-state index contributed by atoms with van der Waals surface area (Å²) in [7, 11) is 0. The molecule has 1 aromatic heterocycles. The number of carbonyl (C=O) groups excluding carboxylic acids is 1. The molecule has 0 atom stereocenters. The van der Waals surface area contributed by atoms with Crippen LogP contribution in [-0.4, -0.2) is 27.4 Å². The number of benzene rings is 1. The molecule has 110 valence electrons. The van der Waals surface area contributed by atoms with Crippen LogP contribution < -0.4 is 10.7 Å². The zero-order valence-corrected chi connectivity index (χ0v) is 14.6. The Morgan fingerprint density at radius 3 is 2.81 bits per heavy atom. The lowest BCUT2D eigenvalue weighted by molar-refractivity contribution is -0.114. The predicted molar refractivity (Wildman–Crippen MR) is 88.9 cm³/mol. The molecule has 0 saturated heterocycles. The van der Waals surface area contributed by atoms with Gasteiger partial charge in [-0.1, -0.05) is 27.3 Å². The molecule has 0 aliphatic carbocycles. The van der Waals surface area contributed by atoms with Gasteiger partial charge in [-0.2, -0.15) is 5.10 Å². The van der Waals surface area contributed by atoms with Crippen LogP contribution in [0.4, 0.5) is 10.3 Å². The minimum Gasteiger partial charge on any atom is -0.506 e. The Kier molecular flexibility index (Phi) is 5.26. The van der Waals surface area contributed by atoms with Gasteiger partial charge in [0.05, 0.1) is 10.7 Å². The van der Waals surface area contributed by atoms with E-state index in [-0.39, 0.29) is 11.7 Å². The van der Waals surface area contributed by atoms with Crippen LogP contribution in [0.25, 0.3) is 0 Å². The zero-order valence-electron chi connectivity index (χ0n) is 10.6. The minimum atomic E-state index is -0.217. The first-order valence-corrected chi connectivity index (χ1v) is 7.94. The average Bonchev–Trinajstić information content (AvgIpc) is 2.81. The number of nitrogens with one attached hydrogen (secondary N) is 2. The SMILES string of the molecule is CC(=O)Nc1nnc(N/N=C/c2cc(Br)cc(Br)c2O)s1. The molecule has 7 nitrogen and oxygen atoms in total. The summed E-state index contributed by atoms with van der Waals surface area (Å²) in [6, 6.07) is 3.44. The molecular weight excluding hydrogens is 426 g/mol. The van der Waals surface area contributed by atoms with E-state index in [1.165, 1.54) is 13.1 Å². The van der Waals surface area contributed by atoms with Crippen molar-refractivity contribution in [2.75, 3.05) is 10.7 Å². The fraction of sp³-hybridized carbons (Fsp3) is 0.0909. The molecule has 0 aliphatic rings. The van der Waals surface area contributed by atoms with Crippen LogP contribution in [-0.2, 0) is 4.79 Å². The summed E-state index contributed by atoms with van der Waals surface area (Å²) in [4.78, 5) is 10.9. The number of hydrogen-bond acceptors (Lipinski definition) is 7. The highest BCUT2D eigenvalue weighted by atomic mass is 79.9. The van der Waals surface area contributed by atoms with E-state index in [1.54, 1.807) is 12.1 Å². The predicted octanol–water partition coefficient (Wildman–Crippen LogP) is 3.17. The normalized spacial score (nSPS) is 10.8. The second-order valence-electron chi connectivity index (χ2n) is 3.79. The summed E-state index contributed by atoms with van der Waals surface area (Å²) >= 11 is 7.71. The highest BCUT2D eigenvalue weighted by molar-refractivity contribution is 9.11. The Hall–Kier alpha value is -1.52. The summed E-state index contributed by atoms with van der Waals surface area (Å²) in [6.45, 7) is 1.39. The molecule has 3 N–H and O–H groups in total. The largest absolute Gasteiger partial charge is 0.506 e. The molecule has 0 spiro atoms. The van der Waals surface area contributed by atoms with E-state index in [4.69, 9.17) is 0 Å². The highest BCUT2D eigenvalue weighted by Gasteiger charge is 2.06. The van der Waals surface area contributed by atoms with E-state index in [0.29, 0.717) is 20.3 Å². The smallest absolute Gasteiger partial charge is 0.227 e. The van der Waals surface area contributed by atoms with E-state index in [9.17, 15) is 9.90 Å². The van der Waals surface area contributed by atoms with Gasteiger partial charge in [0.25, 0.3) is 0 Å². The molecule has 0 unspecified atom stereocenters. The van der Waals surface area contributed by atoms with Gasteiger partial charge < -0.3 is 10.4 Å². The molecule has 2 aromatic rings. The Balaban J connectivity index is 2.06. The number of anilines is 2. The van der Waals surface area contributed by atoms with Crippen molar-refractivity contribution in [3.63, 3.8) is 0 Å². The maximum atomic E-state index is 10.9. The van der Waals surface area contributed by atoms with Gasteiger partial charge in [-0.15, -0.1) is 10.2 Å². The highest BCUT2D eigenvalue weighted by Crippen LogP contribution is 2.30. The quantitative estimate of drug-likeness (QED) is 0.506. The van der Waals surface area contributed by atoms with E-state index >= 15 is 0 Å². The van der Waals surface area contributed by atoms with Crippen LogP contribution in [0.1, 0.15) is 12.5 Å². The van der Waals surface area contributed by atoms with Crippen LogP contribution in [0, 0.1) is 0 Å². The maximum Gasteiger partial charge on any atom is 0.227 e. The number of aromatic nitrogens is 2. The van der Waals surface area contributed by atoms with Gasteiger partial charge >= 0.3 is 0 Å². The molecule has 1 heterocycles.